The van der Waals surface area contributed by atoms with Crippen LogP contribution in [0.25, 0.3) is 0 Å². The summed E-state index contributed by atoms with van der Waals surface area (Å²) in [5, 5.41) is 0. The van der Waals surface area contributed by atoms with Crippen LogP contribution in [0.15, 0.2) is 24.3 Å². The Bertz CT molecular complexity index is 442. The van der Waals surface area contributed by atoms with E-state index in [1.165, 1.54) is 12.1 Å². The molecule has 0 saturated carbocycles. The fourth-order valence-corrected chi connectivity index (χ4v) is 2.42. The molecular weight excluding hydrogens is 271 g/mol. The van der Waals surface area contributed by atoms with Gasteiger partial charge in [-0.25, -0.2) is 4.39 Å². The fourth-order valence-electron chi connectivity index (χ4n) is 2.42. The third kappa shape index (κ3) is 5.01. The van der Waals surface area contributed by atoms with Crippen molar-refractivity contribution in [2.45, 2.75) is 19.8 Å². The smallest absolute Gasteiger partial charge is 0.222 e. The van der Waals surface area contributed by atoms with E-state index in [-0.39, 0.29) is 11.7 Å². The lowest BCUT2D eigenvalue weighted by Crippen LogP contribution is -2.49. The van der Waals surface area contributed by atoms with E-state index in [1.54, 1.807) is 12.1 Å². The minimum atomic E-state index is -0.254. The van der Waals surface area contributed by atoms with Gasteiger partial charge in [-0.15, -0.1) is 0 Å². The first-order chi connectivity index (χ1) is 10.2. The average Bonchev–Trinajstić information content (AvgIpc) is 2.50. The first kappa shape index (κ1) is 15.8. The van der Waals surface area contributed by atoms with Gasteiger partial charge in [-0.3, -0.25) is 9.69 Å². The minimum absolute atomic E-state index is 0.254. The highest BCUT2D eigenvalue weighted by atomic mass is 19.1. The van der Waals surface area contributed by atoms with Gasteiger partial charge in [-0.2, -0.15) is 0 Å². The van der Waals surface area contributed by atoms with E-state index in [4.69, 9.17) is 4.74 Å². The van der Waals surface area contributed by atoms with Gasteiger partial charge in [0.1, 0.15) is 18.2 Å². The highest BCUT2D eigenvalue weighted by molar-refractivity contribution is 5.76. The Morgan fingerprint density at radius 2 is 1.86 bits per heavy atom. The molecule has 0 spiro atoms. The predicted molar refractivity (Wildman–Crippen MR) is 79.8 cm³/mol. The number of nitrogens with zero attached hydrogens (tertiary/aromatic N) is 2. The summed E-state index contributed by atoms with van der Waals surface area (Å²) < 4.78 is 18.3. The Morgan fingerprint density at radius 3 is 2.48 bits per heavy atom. The van der Waals surface area contributed by atoms with Crippen molar-refractivity contribution in [3.8, 4) is 5.75 Å². The van der Waals surface area contributed by atoms with Crippen LogP contribution in [0.2, 0.25) is 0 Å². The summed E-state index contributed by atoms with van der Waals surface area (Å²) in [5.41, 5.74) is 0. The summed E-state index contributed by atoms with van der Waals surface area (Å²) in [6.45, 7) is 6.82. The zero-order chi connectivity index (χ0) is 15.1. The van der Waals surface area contributed by atoms with Gasteiger partial charge in [0.25, 0.3) is 0 Å². The van der Waals surface area contributed by atoms with Crippen LogP contribution in [0.4, 0.5) is 4.39 Å². The van der Waals surface area contributed by atoms with Crippen molar-refractivity contribution in [2.75, 3.05) is 39.3 Å². The number of ether oxygens (including phenoxy) is 1. The van der Waals surface area contributed by atoms with E-state index in [9.17, 15) is 9.18 Å². The summed E-state index contributed by atoms with van der Waals surface area (Å²) in [6, 6.07) is 6.06. The number of halogens is 1. The van der Waals surface area contributed by atoms with Crippen molar-refractivity contribution in [3.63, 3.8) is 0 Å². The number of rotatable bonds is 6. The summed E-state index contributed by atoms with van der Waals surface area (Å²) in [6.07, 6.45) is 1.55. The lowest BCUT2D eigenvalue weighted by molar-refractivity contribution is -0.133. The molecule has 1 aliphatic heterocycles. The molecule has 1 amide bonds. The first-order valence-electron chi connectivity index (χ1n) is 7.57. The number of carbonyl (C=O) groups excluding carboxylic acids is 1. The molecule has 0 unspecified atom stereocenters. The van der Waals surface area contributed by atoms with Gasteiger partial charge in [0.05, 0.1) is 0 Å². The lowest BCUT2D eigenvalue weighted by Gasteiger charge is -2.34. The SMILES string of the molecule is CCCC(=O)N1CCN(CCOc2ccc(F)cc2)CC1. The van der Waals surface area contributed by atoms with Crippen LogP contribution in [-0.2, 0) is 4.79 Å². The Kier molecular flexibility index (Phi) is 5.99. The van der Waals surface area contributed by atoms with Crippen molar-refractivity contribution in [2.24, 2.45) is 0 Å². The molecule has 1 saturated heterocycles. The normalized spacial score (nSPS) is 16.0. The van der Waals surface area contributed by atoms with E-state index in [0.717, 1.165) is 39.1 Å². The molecule has 0 aliphatic carbocycles. The third-order valence-corrected chi connectivity index (χ3v) is 3.68. The maximum atomic E-state index is 12.8. The lowest BCUT2D eigenvalue weighted by atomic mass is 10.2. The van der Waals surface area contributed by atoms with Crippen LogP contribution < -0.4 is 4.74 Å². The number of benzene rings is 1. The molecule has 1 aliphatic rings. The predicted octanol–water partition coefficient (Wildman–Crippen LogP) is 2.15. The molecule has 5 heteroatoms. The van der Waals surface area contributed by atoms with Gasteiger partial charge < -0.3 is 9.64 Å². The molecular formula is C16H23FN2O2. The van der Waals surface area contributed by atoms with Crippen molar-refractivity contribution in [3.05, 3.63) is 30.1 Å². The average molecular weight is 294 g/mol. The summed E-state index contributed by atoms with van der Waals surface area (Å²) >= 11 is 0. The molecule has 0 atom stereocenters. The first-order valence-corrected chi connectivity index (χ1v) is 7.57. The second-order valence-corrected chi connectivity index (χ2v) is 5.27. The van der Waals surface area contributed by atoms with Gasteiger partial charge in [0, 0.05) is 39.1 Å². The summed E-state index contributed by atoms with van der Waals surface area (Å²) in [4.78, 5) is 16.0. The molecule has 1 fully saturated rings. The number of carbonyl (C=O) groups is 1. The highest BCUT2D eigenvalue weighted by Gasteiger charge is 2.19. The fraction of sp³-hybridized carbons (Fsp3) is 0.562. The zero-order valence-electron chi connectivity index (χ0n) is 12.6. The Labute approximate surface area is 125 Å². The molecule has 0 bridgehead atoms. The summed E-state index contributed by atoms with van der Waals surface area (Å²) in [7, 11) is 0. The zero-order valence-corrected chi connectivity index (χ0v) is 12.6. The van der Waals surface area contributed by atoms with Crippen LogP contribution in [0.3, 0.4) is 0 Å². The molecule has 1 aromatic rings. The molecule has 0 N–H and O–H groups in total. The highest BCUT2D eigenvalue weighted by Crippen LogP contribution is 2.11. The van der Waals surface area contributed by atoms with Gasteiger partial charge in [0.15, 0.2) is 0 Å². The van der Waals surface area contributed by atoms with E-state index < -0.39 is 0 Å². The Morgan fingerprint density at radius 1 is 1.19 bits per heavy atom. The Balaban J connectivity index is 1.65. The largest absolute Gasteiger partial charge is 0.492 e. The number of piperazine rings is 1. The minimum Gasteiger partial charge on any atom is -0.492 e. The molecule has 21 heavy (non-hydrogen) atoms. The summed E-state index contributed by atoms with van der Waals surface area (Å²) in [5.74, 6) is 0.697. The molecule has 2 rings (SSSR count). The van der Waals surface area contributed by atoms with Crippen molar-refractivity contribution in [1.82, 2.24) is 9.80 Å². The second kappa shape index (κ2) is 7.98. The maximum Gasteiger partial charge on any atom is 0.222 e. The van der Waals surface area contributed by atoms with Crippen molar-refractivity contribution in [1.29, 1.82) is 0 Å². The van der Waals surface area contributed by atoms with E-state index in [1.807, 2.05) is 11.8 Å². The van der Waals surface area contributed by atoms with Gasteiger partial charge in [-0.05, 0) is 30.7 Å². The molecule has 1 aromatic carbocycles. The van der Waals surface area contributed by atoms with Gasteiger partial charge in [0.2, 0.25) is 5.91 Å². The standard InChI is InChI=1S/C16H23FN2O2/c1-2-3-16(20)19-10-8-18(9-11-19)12-13-21-15-6-4-14(17)5-7-15/h4-7H,2-3,8-13H2,1H3. The van der Waals surface area contributed by atoms with E-state index in [2.05, 4.69) is 4.90 Å². The van der Waals surface area contributed by atoms with Crippen LogP contribution in [0.1, 0.15) is 19.8 Å². The quantitative estimate of drug-likeness (QED) is 0.806. The molecule has 0 radical (unpaired) electrons. The van der Waals surface area contributed by atoms with E-state index >= 15 is 0 Å². The molecule has 4 nitrogen and oxygen atoms in total. The third-order valence-electron chi connectivity index (χ3n) is 3.68. The van der Waals surface area contributed by atoms with Crippen LogP contribution >= 0.6 is 0 Å². The van der Waals surface area contributed by atoms with Crippen LogP contribution in [0, 0.1) is 5.82 Å². The van der Waals surface area contributed by atoms with Crippen molar-refractivity contribution < 1.29 is 13.9 Å². The topological polar surface area (TPSA) is 32.8 Å². The second-order valence-electron chi connectivity index (χ2n) is 5.27. The van der Waals surface area contributed by atoms with Gasteiger partial charge in [-0.1, -0.05) is 6.92 Å². The molecule has 1 heterocycles. The maximum absolute atomic E-state index is 12.8. The monoisotopic (exact) mass is 294 g/mol. The number of hydrogen-bond acceptors (Lipinski definition) is 3. The van der Waals surface area contributed by atoms with Crippen molar-refractivity contribution >= 4 is 5.91 Å². The van der Waals surface area contributed by atoms with Crippen LogP contribution in [-0.4, -0.2) is 55.0 Å². The molecule has 0 aromatic heterocycles. The van der Waals surface area contributed by atoms with E-state index in [0.29, 0.717) is 18.8 Å². The van der Waals surface area contributed by atoms with Gasteiger partial charge >= 0.3 is 0 Å². The van der Waals surface area contributed by atoms with Crippen LogP contribution in [0.5, 0.6) is 5.75 Å². The Hall–Kier alpha value is -1.62. The number of hydrogen-bond donors (Lipinski definition) is 0. The molecule has 116 valence electrons. The number of amides is 1.